The molecule has 0 radical (unpaired) electrons. The molecule has 2 rings (SSSR count). The maximum atomic E-state index is 11.5. The molecule has 2 aliphatic heterocycles. The molecular formula is C10H16N2O2. The summed E-state index contributed by atoms with van der Waals surface area (Å²) in [4.78, 5) is 11.5. The molecule has 2 N–H and O–H groups in total. The second-order valence-corrected chi connectivity index (χ2v) is 3.76. The van der Waals surface area contributed by atoms with Gasteiger partial charge in [0.25, 0.3) is 0 Å². The third-order valence-corrected chi connectivity index (χ3v) is 2.70. The number of rotatable bonds is 3. The van der Waals surface area contributed by atoms with Gasteiger partial charge in [-0.15, -0.1) is 0 Å². The van der Waals surface area contributed by atoms with E-state index in [4.69, 9.17) is 4.74 Å². The Bertz CT molecular complexity index is 247. The Balaban J connectivity index is 1.70. The van der Waals surface area contributed by atoms with Crippen molar-refractivity contribution in [2.75, 3.05) is 32.8 Å². The molecule has 0 aliphatic carbocycles. The fourth-order valence-corrected chi connectivity index (χ4v) is 1.55. The van der Waals surface area contributed by atoms with Gasteiger partial charge in [-0.2, -0.15) is 0 Å². The molecule has 2 heterocycles. The van der Waals surface area contributed by atoms with E-state index in [0.29, 0.717) is 13.2 Å². The van der Waals surface area contributed by atoms with Crippen molar-refractivity contribution in [3.63, 3.8) is 0 Å². The van der Waals surface area contributed by atoms with E-state index in [9.17, 15) is 4.79 Å². The van der Waals surface area contributed by atoms with Gasteiger partial charge in [0.15, 0.2) is 0 Å². The van der Waals surface area contributed by atoms with E-state index in [1.165, 1.54) is 5.57 Å². The van der Waals surface area contributed by atoms with Gasteiger partial charge in [-0.3, -0.25) is 4.79 Å². The van der Waals surface area contributed by atoms with E-state index < -0.39 is 0 Å². The number of carbonyl (C=O) groups excluding carboxylic acids is 1. The molecule has 4 nitrogen and oxygen atoms in total. The largest absolute Gasteiger partial charge is 0.377 e. The van der Waals surface area contributed by atoms with Gasteiger partial charge in [0.05, 0.1) is 19.1 Å². The van der Waals surface area contributed by atoms with Crippen LogP contribution in [0.3, 0.4) is 0 Å². The van der Waals surface area contributed by atoms with Crippen LogP contribution in [0, 0.1) is 5.92 Å². The molecule has 0 unspecified atom stereocenters. The predicted octanol–water partition coefficient (Wildman–Crippen LogP) is -0.331. The molecule has 1 amide bonds. The summed E-state index contributed by atoms with van der Waals surface area (Å²) in [6.07, 6.45) is 3.01. The van der Waals surface area contributed by atoms with Crippen LogP contribution in [0.4, 0.5) is 0 Å². The van der Waals surface area contributed by atoms with Crippen molar-refractivity contribution >= 4 is 5.91 Å². The highest BCUT2D eigenvalue weighted by Crippen LogP contribution is 2.07. The molecule has 0 bridgehead atoms. The van der Waals surface area contributed by atoms with Crippen LogP contribution in [0.25, 0.3) is 0 Å². The first-order valence-electron chi connectivity index (χ1n) is 5.10. The van der Waals surface area contributed by atoms with Gasteiger partial charge in [0, 0.05) is 19.6 Å². The molecule has 0 saturated carbocycles. The quantitative estimate of drug-likeness (QED) is 0.608. The molecule has 0 atom stereocenters. The third-order valence-electron chi connectivity index (χ3n) is 2.70. The van der Waals surface area contributed by atoms with Crippen molar-refractivity contribution in [3.8, 4) is 0 Å². The Morgan fingerprint density at radius 1 is 1.64 bits per heavy atom. The predicted molar refractivity (Wildman–Crippen MR) is 52.9 cm³/mol. The molecule has 1 saturated heterocycles. The van der Waals surface area contributed by atoms with Crippen LogP contribution in [0.5, 0.6) is 0 Å². The lowest BCUT2D eigenvalue weighted by Crippen LogP contribution is -2.51. The summed E-state index contributed by atoms with van der Waals surface area (Å²) in [6.45, 7) is 3.82. The van der Waals surface area contributed by atoms with Crippen LogP contribution in [0.2, 0.25) is 0 Å². The van der Waals surface area contributed by atoms with Gasteiger partial charge in [-0.25, -0.2) is 0 Å². The monoisotopic (exact) mass is 196 g/mol. The average molecular weight is 196 g/mol. The molecule has 0 spiro atoms. The lowest BCUT2D eigenvalue weighted by Gasteiger charge is -2.26. The fourth-order valence-electron chi connectivity index (χ4n) is 1.55. The zero-order chi connectivity index (χ0) is 9.80. The minimum absolute atomic E-state index is 0.177. The molecule has 2 aliphatic rings. The second kappa shape index (κ2) is 4.57. The maximum absolute atomic E-state index is 11.5. The number of ether oxygens (including phenoxy) is 1. The van der Waals surface area contributed by atoms with E-state index in [2.05, 4.69) is 16.7 Å². The van der Waals surface area contributed by atoms with Crippen molar-refractivity contribution in [1.29, 1.82) is 0 Å². The van der Waals surface area contributed by atoms with Crippen molar-refractivity contribution in [2.45, 2.75) is 6.42 Å². The lowest BCUT2D eigenvalue weighted by molar-refractivity contribution is -0.126. The summed E-state index contributed by atoms with van der Waals surface area (Å²) in [5.74, 6) is 0.367. The van der Waals surface area contributed by atoms with Crippen molar-refractivity contribution < 1.29 is 9.53 Å². The lowest BCUT2D eigenvalue weighted by atomic mass is 10.0. The van der Waals surface area contributed by atoms with Gasteiger partial charge in [-0.05, 0) is 6.42 Å². The zero-order valence-electron chi connectivity index (χ0n) is 8.21. The standard InChI is InChI=1S/C10H16N2O2/c13-10(9-6-11-7-9)12-5-8-1-3-14-4-2-8/h1,9,11H,2-7H2,(H,12,13). The summed E-state index contributed by atoms with van der Waals surface area (Å²) < 4.78 is 5.19. The van der Waals surface area contributed by atoms with Crippen LogP contribution in [0.15, 0.2) is 11.6 Å². The molecule has 78 valence electrons. The van der Waals surface area contributed by atoms with E-state index in [0.717, 1.165) is 26.1 Å². The topological polar surface area (TPSA) is 50.4 Å². The van der Waals surface area contributed by atoms with Crippen LogP contribution in [-0.4, -0.2) is 38.8 Å². The Hall–Kier alpha value is -0.870. The van der Waals surface area contributed by atoms with E-state index in [-0.39, 0.29) is 11.8 Å². The second-order valence-electron chi connectivity index (χ2n) is 3.76. The highest BCUT2D eigenvalue weighted by molar-refractivity contribution is 5.80. The van der Waals surface area contributed by atoms with E-state index in [1.807, 2.05) is 0 Å². The van der Waals surface area contributed by atoms with Crippen molar-refractivity contribution in [2.24, 2.45) is 5.92 Å². The third kappa shape index (κ3) is 2.33. The molecule has 0 aromatic heterocycles. The van der Waals surface area contributed by atoms with Crippen LogP contribution >= 0.6 is 0 Å². The normalized spacial score (nSPS) is 22.4. The van der Waals surface area contributed by atoms with Crippen LogP contribution in [-0.2, 0) is 9.53 Å². The summed E-state index contributed by atoms with van der Waals surface area (Å²) >= 11 is 0. The molecule has 1 fully saturated rings. The smallest absolute Gasteiger partial charge is 0.225 e. The number of hydrogen-bond donors (Lipinski definition) is 2. The average Bonchev–Trinajstić information content (AvgIpc) is 2.14. The molecular weight excluding hydrogens is 180 g/mol. The fraction of sp³-hybridized carbons (Fsp3) is 0.700. The molecule has 4 heteroatoms. The summed E-state index contributed by atoms with van der Waals surface area (Å²) in [5, 5.41) is 6.04. The molecule has 0 aromatic rings. The first-order valence-corrected chi connectivity index (χ1v) is 5.10. The minimum Gasteiger partial charge on any atom is -0.377 e. The van der Waals surface area contributed by atoms with Crippen molar-refractivity contribution in [1.82, 2.24) is 10.6 Å². The highest BCUT2D eigenvalue weighted by atomic mass is 16.5. The maximum Gasteiger partial charge on any atom is 0.225 e. The van der Waals surface area contributed by atoms with Crippen molar-refractivity contribution in [3.05, 3.63) is 11.6 Å². The van der Waals surface area contributed by atoms with Gasteiger partial charge >= 0.3 is 0 Å². The summed E-state index contributed by atoms with van der Waals surface area (Å²) in [7, 11) is 0. The zero-order valence-corrected chi connectivity index (χ0v) is 8.21. The van der Waals surface area contributed by atoms with Crippen LogP contribution in [0.1, 0.15) is 6.42 Å². The number of carbonyl (C=O) groups is 1. The first kappa shape index (κ1) is 9.68. The minimum atomic E-state index is 0.177. The number of nitrogens with one attached hydrogen (secondary N) is 2. The molecule has 14 heavy (non-hydrogen) atoms. The Morgan fingerprint density at radius 3 is 3.07 bits per heavy atom. The van der Waals surface area contributed by atoms with E-state index >= 15 is 0 Å². The number of hydrogen-bond acceptors (Lipinski definition) is 3. The van der Waals surface area contributed by atoms with Gasteiger partial charge in [0.2, 0.25) is 5.91 Å². The van der Waals surface area contributed by atoms with Crippen LogP contribution < -0.4 is 10.6 Å². The Kier molecular flexibility index (Phi) is 3.16. The number of amides is 1. The first-order chi connectivity index (χ1) is 6.86. The van der Waals surface area contributed by atoms with Gasteiger partial charge in [0.1, 0.15) is 0 Å². The summed E-state index contributed by atoms with van der Waals surface area (Å²) in [5.41, 5.74) is 1.29. The molecule has 0 aromatic carbocycles. The Morgan fingerprint density at radius 2 is 2.50 bits per heavy atom. The van der Waals surface area contributed by atoms with Gasteiger partial charge in [-0.1, -0.05) is 11.6 Å². The van der Waals surface area contributed by atoms with Gasteiger partial charge < -0.3 is 15.4 Å². The summed E-state index contributed by atoms with van der Waals surface area (Å²) in [6, 6.07) is 0. The Labute approximate surface area is 83.7 Å². The highest BCUT2D eigenvalue weighted by Gasteiger charge is 2.24. The van der Waals surface area contributed by atoms with E-state index in [1.54, 1.807) is 0 Å². The SMILES string of the molecule is O=C(NCC1=CCOCC1)C1CNC1.